The Morgan fingerprint density at radius 1 is 1.24 bits per heavy atom. The lowest BCUT2D eigenvalue weighted by Gasteiger charge is -2.40. The molecule has 0 amide bonds. The minimum Gasteiger partial charge on any atom is -0.389 e. The first-order chi connectivity index (χ1) is 10.2. The molecule has 0 radical (unpaired) electrons. The molecule has 1 fully saturated rings. The van der Waals surface area contributed by atoms with Crippen LogP contribution in [0.15, 0.2) is 36.4 Å². The fourth-order valence-corrected chi connectivity index (χ4v) is 3.13. The maximum absolute atomic E-state index is 5.82. The van der Waals surface area contributed by atoms with E-state index in [1.54, 1.807) is 7.11 Å². The second kappa shape index (κ2) is 5.62. The van der Waals surface area contributed by atoms with Crippen LogP contribution in [0.5, 0.6) is 0 Å². The van der Waals surface area contributed by atoms with Gasteiger partial charge in [0, 0.05) is 30.3 Å². The Morgan fingerprint density at radius 3 is 2.52 bits per heavy atom. The molecule has 0 atom stereocenters. The van der Waals surface area contributed by atoms with Gasteiger partial charge in [-0.2, -0.15) is 0 Å². The van der Waals surface area contributed by atoms with Crippen LogP contribution in [0.25, 0.3) is 10.8 Å². The van der Waals surface area contributed by atoms with E-state index in [-0.39, 0.29) is 5.60 Å². The van der Waals surface area contributed by atoms with Gasteiger partial charge in [-0.1, -0.05) is 36.5 Å². The number of nitrogens with two attached hydrogens (primary N) is 1. The second-order valence-electron chi connectivity index (χ2n) is 5.66. The molecule has 0 bridgehead atoms. The van der Waals surface area contributed by atoms with E-state index in [2.05, 4.69) is 23.5 Å². The minimum absolute atomic E-state index is 0.00292. The maximum atomic E-state index is 5.82. The van der Waals surface area contributed by atoms with Gasteiger partial charge in [-0.15, -0.1) is 0 Å². The van der Waals surface area contributed by atoms with Crippen LogP contribution in [0.1, 0.15) is 24.8 Å². The van der Waals surface area contributed by atoms with Crippen molar-refractivity contribution in [3.8, 4) is 0 Å². The zero-order valence-corrected chi connectivity index (χ0v) is 13.0. The number of benzene rings is 2. The van der Waals surface area contributed by atoms with E-state index in [0.717, 1.165) is 41.4 Å². The molecule has 1 saturated carbocycles. The van der Waals surface area contributed by atoms with Crippen molar-refractivity contribution in [1.82, 2.24) is 0 Å². The molecule has 0 aromatic heterocycles. The van der Waals surface area contributed by atoms with Crippen LogP contribution in [-0.2, 0) is 4.74 Å². The zero-order valence-electron chi connectivity index (χ0n) is 12.2. The molecule has 110 valence electrons. The molecular formula is C17H20N2OS. The normalized spacial score (nSPS) is 16.4. The lowest BCUT2D eigenvalue weighted by molar-refractivity contribution is -0.0601. The number of hydrogen-bond donors (Lipinski definition) is 2. The summed E-state index contributed by atoms with van der Waals surface area (Å²) in [5.41, 5.74) is 7.85. The van der Waals surface area contributed by atoms with Crippen LogP contribution in [0, 0.1) is 0 Å². The van der Waals surface area contributed by atoms with Gasteiger partial charge in [0.05, 0.1) is 5.60 Å². The number of ether oxygens (including phenoxy) is 1. The second-order valence-corrected chi connectivity index (χ2v) is 6.10. The number of hydrogen-bond acceptors (Lipinski definition) is 3. The summed E-state index contributed by atoms with van der Waals surface area (Å²) >= 11 is 5.14. The first kappa shape index (κ1) is 14.3. The Bertz CT molecular complexity index is 674. The number of methoxy groups -OCH3 is 1. The molecule has 2 aromatic carbocycles. The van der Waals surface area contributed by atoms with E-state index in [4.69, 9.17) is 22.7 Å². The summed E-state index contributed by atoms with van der Waals surface area (Å²) in [4.78, 5) is 0.435. The fraction of sp³-hybridized carbons (Fsp3) is 0.353. The van der Waals surface area contributed by atoms with E-state index in [1.807, 2.05) is 18.2 Å². The molecule has 3 N–H and O–H groups in total. The highest BCUT2D eigenvalue weighted by Crippen LogP contribution is 2.36. The van der Waals surface area contributed by atoms with Gasteiger partial charge in [0.25, 0.3) is 0 Å². The number of nitrogens with one attached hydrogen (secondary N) is 1. The average molecular weight is 300 g/mol. The van der Waals surface area contributed by atoms with Gasteiger partial charge in [-0.25, -0.2) is 0 Å². The number of anilines is 1. The van der Waals surface area contributed by atoms with Crippen LogP contribution < -0.4 is 11.1 Å². The van der Waals surface area contributed by atoms with E-state index in [1.165, 1.54) is 6.42 Å². The molecule has 1 aliphatic rings. The van der Waals surface area contributed by atoms with Crippen molar-refractivity contribution in [3.05, 3.63) is 42.0 Å². The van der Waals surface area contributed by atoms with Crippen LogP contribution in [-0.4, -0.2) is 24.2 Å². The first-order valence-electron chi connectivity index (χ1n) is 7.26. The van der Waals surface area contributed by atoms with Crippen molar-refractivity contribution in [2.45, 2.75) is 24.9 Å². The molecule has 1 aliphatic carbocycles. The molecular weight excluding hydrogens is 280 g/mol. The highest BCUT2D eigenvalue weighted by Gasteiger charge is 2.36. The van der Waals surface area contributed by atoms with Gasteiger partial charge in [-0.05, 0) is 36.8 Å². The number of thiocarbonyl (C=S) groups is 1. The van der Waals surface area contributed by atoms with Crippen molar-refractivity contribution >= 4 is 33.7 Å². The van der Waals surface area contributed by atoms with E-state index >= 15 is 0 Å². The van der Waals surface area contributed by atoms with Crippen molar-refractivity contribution in [2.24, 2.45) is 5.73 Å². The molecule has 0 aliphatic heterocycles. The largest absolute Gasteiger partial charge is 0.389 e. The Labute approximate surface area is 130 Å². The average Bonchev–Trinajstić information content (AvgIpc) is 2.46. The van der Waals surface area contributed by atoms with E-state index in [9.17, 15) is 0 Å². The third kappa shape index (κ3) is 2.61. The van der Waals surface area contributed by atoms with Crippen LogP contribution in [0.2, 0.25) is 0 Å². The predicted octanol–water partition coefficient (Wildman–Crippen LogP) is 3.46. The van der Waals surface area contributed by atoms with Crippen molar-refractivity contribution < 1.29 is 4.74 Å². The quantitative estimate of drug-likeness (QED) is 0.830. The van der Waals surface area contributed by atoms with Crippen LogP contribution in [0.4, 0.5) is 5.69 Å². The van der Waals surface area contributed by atoms with Crippen molar-refractivity contribution in [3.63, 3.8) is 0 Å². The third-order valence-electron chi connectivity index (χ3n) is 4.49. The van der Waals surface area contributed by atoms with Crippen molar-refractivity contribution in [1.29, 1.82) is 0 Å². The van der Waals surface area contributed by atoms with Crippen LogP contribution >= 0.6 is 12.2 Å². The maximum Gasteiger partial charge on any atom is 0.104 e. The molecule has 3 nitrogen and oxygen atoms in total. The summed E-state index contributed by atoms with van der Waals surface area (Å²) in [6.07, 6.45) is 3.50. The van der Waals surface area contributed by atoms with Crippen molar-refractivity contribution in [2.75, 3.05) is 19.0 Å². The molecule has 3 rings (SSSR count). The lowest BCUT2D eigenvalue weighted by Crippen LogP contribution is -2.45. The molecule has 0 saturated heterocycles. The molecule has 0 spiro atoms. The Morgan fingerprint density at radius 2 is 1.95 bits per heavy atom. The Balaban J connectivity index is 1.93. The monoisotopic (exact) mass is 300 g/mol. The third-order valence-corrected chi connectivity index (χ3v) is 4.71. The molecule has 4 heteroatoms. The van der Waals surface area contributed by atoms with Gasteiger partial charge < -0.3 is 15.8 Å². The Hall–Kier alpha value is -1.65. The number of fused-ring (bicyclic) bond motifs is 1. The highest BCUT2D eigenvalue weighted by atomic mass is 32.1. The standard InChI is InChI=1S/C17H20N2OS/c1-20-17(9-4-10-17)11-19-15-8-7-14(16(18)21)12-5-2-3-6-13(12)15/h2-3,5-8,19H,4,9-11H2,1H3,(H2,18,21). The minimum atomic E-state index is 0.00292. The van der Waals surface area contributed by atoms with E-state index in [0.29, 0.717) is 4.99 Å². The van der Waals surface area contributed by atoms with Gasteiger partial charge in [0.2, 0.25) is 0 Å². The van der Waals surface area contributed by atoms with Gasteiger partial charge in [0.15, 0.2) is 0 Å². The summed E-state index contributed by atoms with van der Waals surface area (Å²) in [5, 5.41) is 5.78. The summed E-state index contributed by atoms with van der Waals surface area (Å²) in [6, 6.07) is 12.2. The topological polar surface area (TPSA) is 47.3 Å². The van der Waals surface area contributed by atoms with Gasteiger partial charge in [-0.3, -0.25) is 0 Å². The smallest absolute Gasteiger partial charge is 0.104 e. The molecule has 0 heterocycles. The summed E-state index contributed by atoms with van der Waals surface area (Å²) < 4.78 is 5.67. The summed E-state index contributed by atoms with van der Waals surface area (Å²) in [5.74, 6) is 0. The number of rotatable bonds is 5. The van der Waals surface area contributed by atoms with Crippen LogP contribution in [0.3, 0.4) is 0 Å². The fourth-order valence-electron chi connectivity index (χ4n) is 2.95. The van der Waals surface area contributed by atoms with E-state index < -0.39 is 0 Å². The molecule has 21 heavy (non-hydrogen) atoms. The summed E-state index contributed by atoms with van der Waals surface area (Å²) in [6.45, 7) is 0.833. The zero-order chi connectivity index (χ0) is 14.9. The predicted molar refractivity (Wildman–Crippen MR) is 91.9 cm³/mol. The summed E-state index contributed by atoms with van der Waals surface area (Å²) in [7, 11) is 1.80. The van der Waals surface area contributed by atoms with Gasteiger partial charge in [0.1, 0.15) is 4.99 Å². The first-order valence-corrected chi connectivity index (χ1v) is 7.67. The molecule has 0 unspecified atom stereocenters. The highest BCUT2D eigenvalue weighted by molar-refractivity contribution is 7.80. The van der Waals surface area contributed by atoms with Gasteiger partial charge >= 0.3 is 0 Å². The lowest BCUT2D eigenvalue weighted by atomic mass is 9.80. The SMILES string of the molecule is COC1(CNc2ccc(C(N)=S)c3ccccc23)CCC1. The molecule has 2 aromatic rings. The Kier molecular flexibility index (Phi) is 3.83.